The molecule has 0 aromatic carbocycles. The third-order valence-electron chi connectivity index (χ3n) is 2.59. The van der Waals surface area contributed by atoms with Crippen LogP contribution >= 0.6 is 0 Å². The number of nitrogens with one attached hydrogen (secondary N) is 1. The standard InChI is InChI=1S/C14H24N2O/c1-5-17-14-8-6-7-13(16-14)15-12(4)10-9-11(2)3/h6-8,11-12H,5,9-10H2,1-4H3,(H,15,16). The smallest absolute Gasteiger partial charge is 0.215 e. The van der Waals surface area contributed by atoms with Gasteiger partial charge in [0.05, 0.1) is 6.61 Å². The molecule has 0 saturated carbocycles. The van der Waals surface area contributed by atoms with Gasteiger partial charge in [0.2, 0.25) is 5.88 Å². The van der Waals surface area contributed by atoms with Gasteiger partial charge in [-0.05, 0) is 38.7 Å². The molecular formula is C14H24N2O. The summed E-state index contributed by atoms with van der Waals surface area (Å²) in [5.41, 5.74) is 0. The number of anilines is 1. The first kappa shape index (κ1) is 13.8. The number of pyridine rings is 1. The summed E-state index contributed by atoms with van der Waals surface area (Å²) in [6, 6.07) is 6.28. The maximum Gasteiger partial charge on any atom is 0.215 e. The van der Waals surface area contributed by atoms with Crippen molar-refractivity contribution < 1.29 is 4.74 Å². The molecule has 17 heavy (non-hydrogen) atoms. The van der Waals surface area contributed by atoms with E-state index in [0.717, 1.165) is 18.2 Å². The average Bonchev–Trinajstić information content (AvgIpc) is 2.27. The Labute approximate surface area is 105 Å². The number of ether oxygens (including phenoxy) is 1. The summed E-state index contributed by atoms with van der Waals surface area (Å²) < 4.78 is 5.38. The van der Waals surface area contributed by atoms with Crippen LogP contribution in [0.25, 0.3) is 0 Å². The lowest BCUT2D eigenvalue weighted by Crippen LogP contribution is -2.16. The predicted octanol–water partition coefficient (Wildman–Crippen LogP) is 3.72. The largest absolute Gasteiger partial charge is 0.478 e. The molecule has 1 unspecified atom stereocenters. The molecule has 1 aromatic rings. The molecule has 0 spiro atoms. The zero-order valence-electron chi connectivity index (χ0n) is 11.4. The minimum absolute atomic E-state index is 0.446. The zero-order chi connectivity index (χ0) is 12.7. The van der Waals surface area contributed by atoms with Crippen LogP contribution < -0.4 is 10.1 Å². The summed E-state index contributed by atoms with van der Waals surface area (Å²) in [6.07, 6.45) is 2.40. The molecule has 96 valence electrons. The lowest BCUT2D eigenvalue weighted by atomic mass is 10.0. The highest BCUT2D eigenvalue weighted by Gasteiger charge is 2.05. The van der Waals surface area contributed by atoms with Gasteiger partial charge in [-0.1, -0.05) is 19.9 Å². The van der Waals surface area contributed by atoms with Crippen molar-refractivity contribution in [2.75, 3.05) is 11.9 Å². The van der Waals surface area contributed by atoms with Crippen molar-refractivity contribution in [3.63, 3.8) is 0 Å². The van der Waals surface area contributed by atoms with Crippen molar-refractivity contribution in [1.82, 2.24) is 4.98 Å². The van der Waals surface area contributed by atoms with Crippen LogP contribution in [-0.2, 0) is 0 Å². The van der Waals surface area contributed by atoms with Crippen LogP contribution in [0.15, 0.2) is 18.2 Å². The van der Waals surface area contributed by atoms with Gasteiger partial charge < -0.3 is 10.1 Å². The molecule has 0 aliphatic heterocycles. The average molecular weight is 236 g/mol. The normalized spacial score (nSPS) is 12.5. The van der Waals surface area contributed by atoms with Crippen LogP contribution in [0.4, 0.5) is 5.82 Å². The fraction of sp³-hybridized carbons (Fsp3) is 0.643. The Hall–Kier alpha value is -1.25. The van der Waals surface area contributed by atoms with Crippen LogP contribution in [0.5, 0.6) is 5.88 Å². The zero-order valence-corrected chi connectivity index (χ0v) is 11.4. The summed E-state index contributed by atoms with van der Waals surface area (Å²) in [6.45, 7) is 9.31. The van der Waals surface area contributed by atoms with E-state index >= 15 is 0 Å². The maximum atomic E-state index is 5.38. The van der Waals surface area contributed by atoms with Crippen molar-refractivity contribution in [3.05, 3.63) is 18.2 Å². The molecular weight excluding hydrogens is 212 g/mol. The van der Waals surface area contributed by atoms with Gasteiger partial charge in [0.25, 0.3) is 0 Å². The monoisotopic (exact) mass is 236 g/mol. The summed E-state index contributed by atoms with van der Waals surface area (Å²) in [4.78, 5) is 4.40. The predicted molar refractivity (Wildman–Crippen MR) is 72.6 cm³/mol. The Balaban J connectivity index is 2.46. The van der Waals surface area contributed by atoms with Gasteiger partial charge >= 0.3 is 0 Å². The Morgan fingerprint density at radius 2 is 2.00 bits per heavy atom. The van der Waals surface area contributed by atoms with E-state index in [1.807, 2.05) is 25.1 Å². The van der Waals surface area contributed by atoms with Gasteiger partial charge in [-0.15, -0.1) is 0 Å². The molecule has 1 heterocycles. The van der Waals surface area contributed by atoms with E-state index in [1.165, 1.54) is 6.42 Å². The topological polar surface area (TPSA) is 34.1 Å². The number of hydrogen-bond acceptors (Lipinski definition) is 3. The fourth-order valence-electron chi connectivity index (χ4n) is 1.63. The number of rotatable bonds is 7. The molecule has 1 aromatic heterocycles. The van der Waals surface area contributed by atoms with Crippen molar-refractivity contribution in [3.8, 4) is 5.88 Å². The Morgan fingerprint density at radius 3 is 2.65 bits per heavy atom. The van der Waals surface area contributed by atoms with Crippen molar-refractivity contribution >= 4 is 5.82 Å². The van der Waals surface area contributed by atoms with Gasteiger partial charge in [0.1, 0.15) is 5.82 Å². The highest BCUT2D eigenvalue weighted by Crippen LogP contribution is 2.14. The van der Waals surface area contributed by atoms with Crippen molar-refractivity contribution in [2.45, 2.75) is 46.6 Å². The summed E-state index contributed by atoms with van der Waals surface area (Å²) in [7, 11) is 0. The van der Waals surface area contributed by atoms with Crippen LogP contribution in [0.3, 0.4) is 0 Å². The summed E-state index contributed by atoms with van der Waals surface area (Å²) >= 11 is 0. The second kappa shape index (κ2) is 7.15. The van der Waals surface area contributed by atoms with E-state index in [1.54, 1.807) is 0 Å². The van der Waals surface area contributed by atoms with E-state index < -0.39 is 0 Å². The highest BCUT2D eigenvalue weighted by atomic mass is 16.5. The quantitative estimate of drug-likeness (QED) is 0.783. The molecule has 3 heteroatoms. The second-order valence-electron chi connectivity index (χ2n) is 4.81. The molecule has 0 aliphatic rings. The van der Waals surface area contributed by atoms with Crippen LogP contribution in [0.2, 0.25) is 0 Å². The van der Waals surface area contributed by atoms with E-state index in [0.29, 0.717) is 18.5 Å². The van der Waals surface area contributed by atoms with Crippen LogP contribution in [-0.4, -0.2) is 17.6 Å². The Morgan fingerprint density at radius 1 is 1.24 bits per heavy atom. The molecule has 0 amide bonds. The molecule has 0 bridgehead atoms. The minimum Gasteiger partial charge on any atom is -0.478 e. The molecule has 1 rings (SSSR count). The van der Waals surface area contributed by atoms with Gasteiger partial charge in [-0.3, -0.25) is 0 Å². The SMILES string of the molecule is CCOc1cccc(NC(C)CCC(C)C)n1. The lowest BCUT2D eigenvalue weighted by Gasteiger charge is -2.16. The van der Waals surface area contributed by atoms with Gasteiger partial charge in [0.15, 0.2) is 0 Å². The second-order valence-corrected chi connectivity index (χ2v) is 4.81. The fourth-order valence-corrected chi connectivity index (χ4v) is 1.63. The van der Waals surface area contributed by atoms with Gasteiger partial charge in [-0.2, -0.15) is 4.98 Å². The first-order valence-corrected chi connectivity index (χ1v) is 6.48. The molecule has 1 N–H and O–H groups in total. The lowest BCUT2D eigenvalue weighted by molar-refractivity contribution is 0.327. The first-order chi connectivity index (χ1) is 8.11. The van der Waals surface area contributed by atoms with E-state index in [9.17, 15) is 0 Å². The Kier molecular flexibility index (Phi) is 5.81. The molecule has 0 radical (unpaired) electrons. The molecule has 3 nitrogen and oxygen atoms in total. The third kappa shape index (κ3) is 5.57. The van der Waals surface area contributed by atoms with Gasteiger partial charge in [0, 0.05) is 12.1 Å². The van der Waals surface area contributed by atoms with E-state index in [2.05, 4.69) is 31.1 Å². The van der Waals surface area contributed by atoms with Crippen molar-refractivity contribution in [1.29, 1.82) is 0 Å². The van der Waals surface area contributed by atoms with Crippen LogP contribution in [0.1, 0.15) is 40.5 Å². The van der Waals surface area contributed by atoms with Crippen LogP contribution in [0, 0.1) is 5.92 Å². The first-order valence-electron chi connectivity index (χ1n) is 6.48. The number of hydrogen-bond donors (Lipinski definition) is 1. The molecule has 0 fully saturated rings. The molecule has 0 aliphatic carbocycles. The van der Waals surface area contributed by atoms with E-state index in [-0.39, 0.29) is 0 Å². The number of aromatic nitrogens is 1. The molecule has 0 saturated heterocycles. The third-order valence-corrected chi connectivity index (χ3v) is 2.59. The van der Waals surface area contributed by atoms with Gasteiger partial charge in [-0.25, -0.2) is 0 Å². The van der Waals surface area contributed by atoms with Crippen molar-refractivity contribution in [2.24, 2.45) is 5.92 Å². The summed E-state index contributed by atoms with van der Waals surface area (Å²) in [5, 5.41) is 3.40. The summed E-state index contributed by atoms with van der Waals surface area (Å²) in [5.74, 6) is 2.34. The molecule has 1 atom stereocenters. The minimum atomic E-state index is 0.446. The Bertz CT molecular complexity index is 326. The number of nitrogens with zero attached hydrogens (tertiary/aromatic N) is 1. The maximum absolute atomic E-state index is 5.38. The highest BCUT2D eigenvalue weighted by molar-refractivity contribution is 5.37. The van der Waals surface area contributed by atoms with E-state index in [4.69, 9.17) is 4.74 Å².